The van der Waals surface area contributed by atoms with Crippen LogP contribution in [-0.2, 0) is 47.4 Å². The molecule has 0 bridgehead atoms. The van der Waals surface area contributed by atoms with Crippen molar-refractivity contribution in [3.8, 4) is 11.5 Å². The third-order valence-corrected chi connectivity index (χ3v) is 5.45. The Bertz CT molecular complexity index is 1160. The van der Waals surface area contributed by atoms with Crippen LogP contribution >= 0.6 is 44.6 Å². The van der Waals surface area contributed by atoms with Gasteiger partial charge in [-0.3, -0.25) is 9.97 Å². The van der Waals surface area contributed by atoms with E-state index in [2.05, 4.69) is 31.3 Å². The van der Waals surface area contributed by atoms with Crippen molar-refractivity contribution in [1.82, 2.24) is 9.97 Å². The summed E-state index contributed by atoms with van der Waals surface area (Å²) >= 11 is 11.6. The van der Waals surface area contributed by atoms with E-state index in [1.165, 1.54) is 0 Å². The summed E-state index contributed by atoms with van der Waals surface area (Å²) in [6.07, 6.45) is 0. The second kappa shape index (κ2) is 19.6. The molecule has 2 aromatic carbocycles. The van der Waals surface area contributed by atoms with Gasteiger partial charge in [0, 0.05) is 45.6 Å². The third kappa shape index (κ3) is 13.8. The van der Waals surface area contributed by atoms with Crippen molar-refractivity contribution >= 4 is 53.8 Å². The number of aromatic nitrogens is 2. The summed E-state index contributed by atoms with van der Waals surface area (Å²) in [4.78, 5) is 8.33. The molecule has 0 saturated carbocycles. The smallest absolute Gasteiger partial charge is 0.211 e. The SMILES string of the molecule is ClCc1cc(OCc2ccccc2)cc(CCl)n1.O=S(Cl)Cl.OCc1cc(OCc2ccccc2)cc(CO)n1. The van der Waals surface area contributed by atoms with E-state index in [-0.39, 0.29) is 13.2 Å². The molecule has 0 saturated heterocycles. The van der Waals surface area contributed by atoms with Crippen LogP contribution in [-0.4, -0.2) is 24.4 Å². The monoisotopic (exact) mass is 644 g/mol. The minimum atomic E-state index is -1.67. The zero-order valence-corrected chi connectivity index (χ0v) is 25.1. The van der Waals surface area contributed by atoms with Crippen molar-refractivity contribution in [2.45, 2.75) is 38.2 Å². The molecule has 4 rings (SSSR count). The molecule has 0 fully saturated rings. The molecule has 0 radical (unpaired) electrons. The standard InChI is InChI=1S/C14H13Cl2NO.C14H15NO3.Cl2OS/c15-8-12-6-14(7-13(9-16)17-12)18-10-11-4-2-1-3-5-11;16-8-12-6-14(7-13(9-17)15-12)18-10-11-4-2-1-3-5-11;1-4(2)3/h1-7H,8-10H2;1-7,16-17H,8-10H2;. The first kappa shape index (κ1) is 33.8. The first-order valence-electron chi connectivity index (χ1n) is 11.8. The molecule has 40 heavy (non-hydrogen) atoms. The average molecular weight is 646 g/mol. The molecule has 7 nitrogen and oxygen atoms in total. The van der Waals surface area contributed by atoms with Crippen LogP contribution < -0.4 is 9.47 Å². The van der Waals surface area contributed by atoms with Gasteiger partial charge in [-0.2, -0.15) is 0 Å². The highest BCUT2D eigenvalue weighted by atomic mass is 36.0. The van der Waals surface area contributed by atoms with Gasteiger partial charge < -0.3 is 19.7 Å². The topological polar surface area (TPSA) is 102 Å². The maximum Gasteiger partial charge on any atom is 0.211 e. The normalized spacial score (nSPS) is 10.2. The van der Waals surface area contributed by atoms with Gasteiger partial charge in [0.05, 0.1) is 47.7 Å². The Labute approximate surface area is 255 Å². The zero-order chi connectivity index (χ0) is 29.2. The summed E-state index contributed by atoms with van der Waals surface area (Å²) in [6.45, 7) is 0.625. The van der Waals surface area contributed by atoms with Gasteiger partial charge in [0.1, 0.15) is 24.7 Å². The molecule has 0 aliphatic heterocycles. The molecule has 2 aromatic heterocycles. The maximum absolute atomic E-state index is 9.09. The van der Waals surface area contributed by atoms with Crippen LogP contribution in [0.15, 0.2) is 84.9 Å². The van der Waals surface area contributed by atoms with Gasteiger partial charge in [0.15, 0.2) is 0 Å². The Morgan fingerprint density at radius 3 is 1.27 bits per heavy atom. The molecule has 214 valence electrons. The number of rotatable bonds is 10. The quantitative estimate of drug-likeness (QED) is 0.144. The summed E-state index contributed by atoms with van der Waals surface area (Å²) < 4.78 is 20.4. The Hall–Kier alpha value is -2.43. The van der Waals surface area contributed by atoms with Crippen LogP contribution in [0, 0.1) is 0 Å². The molecular formula is C28H28Cl4N2O5S. The number of aliphatic hydroxyl groups excluding tert-OH is 2. The van der Waals surface area contributed by atoms with Crippen molar-refractivity contribution in [3.05, 3.63) is 119 Å². The van der Waals surface area contributed by atoms with Crippen LogP contribution in [0.3, 0.4) is 0 Å². The number of nitrogens with zero attached hydrogens (tertiary/aromatic N) is 2. The lowest BCUT2D eigenvalue weighted by Crippen LogP contribution is -2.00. The van der Waals surface area contributed by atoms with Gasteiger partial charge in [-0.25, -0.2) is 4.21 Å². The lowest BCUT2D eigenvalue weighted by Gasteiger charge is -2.09. The van der Waals surface area contributed by atoms with E-state index in [9.17, 15) is 0 Å². The minimum absolute atomic E-state index is 0.171. The molecule has 0 unspecified atom stereocenters. The molecule has 4 aromatic rings. The Morgan fingerprint density at radius 1 is 0.625 bits per heavy atom. The highest BCUT2D eigenvalue weighted by molar-refractivity contribution is 8.26. The molecule has 0 atom stereocenters. The summed E-state index contributed by atoms with van der Waals surface area (Å²) in [6, 6.07) is 26.8. The van der Waals surface area contributed by atoms with Crippen molar-refractivity contribution in [2.75, 3.05) is 0 Å². The average Bonchev–Trinajstić information content (AvgIpc) is 2.99. The third-order valence-electron chi connectivity index (χ3n) is 4.90. The van der Waals surface area contributed by atoms with E-state index in [1.54, 1.807) is 12.1 Å². The molecule has 2 heterocycles. The molecular weight excluding hydrogens is 618 g/mol. The summed E-state index contributed by atoms with van der Waals surface area (Å²) in [5, 5.41) is 18.1. The van der Waals surface area contributed by atoms with E-state index in [1.807, 2.05) is 72.8 Å². The largest absolute Gasteiger partial charge is 0.489 e. The Kier molecular flexibility index (Phi) is 16.6. The van der Waals surface area contributed by atoms with E-state index >= 15 is 0 Å². The van der Waals surface area contributed by atoms with Crippen molar-refractivity contribution in [2.24, 2.45) is 0 Å². The van der Waals surface area contributed by atoms with E-state index in [4.69, 9.17) is 47.1 Å². The highest BCUT2D eigenvalue weighted by Crippen LogP contribution is 2.19. The first-order chi connectivity index (χ1) is 19.4. The fraction of sp³-hybridized carbons (Fsp3) is 0.214. The van der Waals surface area contributed by atoms with Crippen LogP contribution in [0.4, 0.5) is 0 Å². The molecule has 0 aliphatic carbocycles. The maximum atomic E-state index is 9.09. The van der Waals surface area contributed by atoms with Crippen molar-refractivity contribution < 1.29 is 23.9 Å². The minimum Gasteiger partial charge on any atom is -0.489 e. The zero-order valence-electron chi connectivity index (χ0n) is 21.3. The lowest BCUT2D eigenvalue weighted by molar-refractivity contribution is 0.260. The lowest BCUT2D eigenvalue weighted by atomic mass is 10.2. The summed E-state index contributed by atoms with van der Waals surface area (Å²) in [5.41, 5.74) is 4.71. The number of ether oxygens (including phenoxy) is 2. The van der Waals surface area contributed by atoms with Gasteiger partial charge in [0.25, 0.3) is 0 Å². The number of aliphatic hydroxyl groups is 2. The van der Waals surface area contributed by atoms with Gasteiger partial charge in [-0.1, -0.05) is 60.7 Å². The summed E-state index contributed by atoms with van der Waals surface area (Å²) in [5.74, 6) is 2.06. The summed E-state index contributed by atoms with van der Waals surface area (Å²) in [7, 11) is 7.36. The molecule has 0 aliphatic rings. The van der Waals surface area contributed by atoms with Crippen LogP contribution in [0.5, 0.6) is 11.5 Å². The van der Waals surface area contributed by atoms with Gasteiger partial charge in [-0.15, -0.1) is 23.2 Å². The second-order valence-electron chi connectivity index (χ2n) is 7.89. The van der Waals surface area contributed by atoms with Gasteiger partial charge >= 0.3 is 0 Å². The van der Waals surface area contributed by atoms with Crippen LogP contribution in [0.1, 0.15) is 33.9 Å². The fourth-order valence-corrected chi connectivity index (χ4v) is 3.46. The van der Waals surface area contributed by atoms with Crippen molar-refractivity contribution in [3.63, 3.8) is 0 Å². The predicted molar refractivity (Wildman–Crippen MR) is 161 cm³/mol. The Morgan fingerprint density at radius 2 is 0.950 bits per heavy atom. The number of benzene rings is 2. The number of hydrogen-bond donors (Lipinski definition) is 2. The molecule has 12 heteroatoms. The van der Waals surface area contributed by atoms with Gasteiger partial charge in [-0.05, 0) is 11.1 Å². The molecule has 0 spiro atoms. The van der Waals surface area contributed by atoms with E-state index in [0.29, 0.717) is 42.1 Å². The second-order valence-corrected chi connectivity index (χ2v) is 10.9. The van der Waals surface area contributed by atoms with Crippen LogP contribution in [0.2, 0.25) is 0 Å². The highest BCUT2D eigenvalue weighted by Gasteiger charge is 2.04. The number of hydrogen-bond acceptors (Lipinski definition) is 7. The number of pyridine rings is 2. The van der Waals surface area contributed by atoms with Crippen LogP contribution in [0.25, 0.3) is 0 Å². The van der Waals surface area contributed by atoms with Crippen molar-refractivity contribution in [1.29, 1.82) is 0 Å². The Balaban J connectivity index is 0.000000247. The fourth-order valence-electron chi connectivity index (χ4n) is 3.19. The first-order valence-corrected chi connectivity index (χ1v) is 15.6. The van der Waals surface area contributed by atoms with Gasteiger partial charge in [0.2, 0.25) is 9.23 Å². The van der Waals surface area contributed by atoms with E-state index < -0.39 is 9.23 Å². The predicted octanol–water partition coefficient (Wildman–Crippen LogP) is 6.83. The molecule has 2 N–H and O–H groups in total. The molecule has 0 amide bonds. The number of alkyl halides is 2. The number of halogens is 4. The van der Waals surface area contributed by atoms with E-state index in [0.717, 1.165) is 28.3 Å².